The van der Waals surface area contributed by atoms with Crippen LogP contribution >= 0.6 is 15.9 Å². The van der Waals surface area contributed by atoms with Crippen LogP contribution in [0.15, 0.2) is 4.47 Å². The maximum atomic E-state index is 6.21. The third kappa shape index (κ3) is 3.53. The Balaban J connectivity index is 2.76. The van der Waals surface area contributed by atoms with Crippen LogP contribution in [0.1, 0.15) is 31.7 Å². The molecule has 0 spiro atoms. The zero-order valence-electron chi connectivity index (χ0n) is 11.0. The molecule has 5 heteroatoms. The largest absolute Gasteiger partial charge is 0.377 e. The number of nitrogens with two attached hydrogens (primary N) is 1. The van der Waals surface area contributed by atoms with Crippen molar-refractivity contribution in [1.29, 1.82) is 0 Å². The monoisotopic (exact) mass is 303 g/mol. The first kappa shape index (κ1) is 14.7. The maximum absolute atomic E-state index is 6.21. The van der Waals surface area contributed by atoms with E-state index in [0.717, 1.165) is 28.7 Å². The first-order valence-electron chi connectivity index (χ1n) is 6.06. The van der Waals surface area contributed by atoms with Gasteiger partial charge in [0.1, 0.15) is 0 Å². The van der Waals surface area contributed by atoms with Crippen LogP contribution in [0.4, 0.5) is 0 Å². The molecule has 1 rings (SSSR count). The van der Waals surface area contributed by atoms with E-state index in [1.165, 1.54) is 0 Å². The quantitative estimate of drug-likeness (QED) is 0.876. The Kier molecular flexibility index (Phi) is 5.62. The van der Waals surface area contributed by atoms with Crippen molar-refractivity contribution in [3.63, 3.8) is 0 Å². The summed E-state index contributed by atoms with van der Waals surface area (Å²) in [4.78, 5) is 0. The predicted molar refractivity (Wildman–Crippen MR) is 73.0 cm³/mol. The average Bonchev–Trinajstić information content (AvgIpc) is 2.52. The van der Waals surface area contributed by atoms with Crippen molar-refractivity contribution in [3.05, 3.63) is 15.9 Å². The van der Waals surface area contributed by atoms with Gasteiger partial charge in [-0.05, 0) is 36.2 Å². The molecule has 2 unspecified atom stereocenters. The Labute approximate surface area is 112 Å². The SMILES string of the molecule is CCOC(CC)C(N)Cc1c(Br)c(C)nn1C. The molecule has 0 aliphatic rings. The second-order valence-corrected chi connectivity index (χ2v) is 5.03. The van der Waals surface area contributed by atoms with E-state index in [4.69, 9.17) is 10.5 Å². The molecule has 98 valence electrons. The fourth-order valence-electron chi connectivity index (χ4n) is 2.01. The summed E-state index contributed by atoms with van der Waals surface area (Å²) < 4.78 is 8.59. The number of halogens is 1. The summed E-state index contributed by atoms with van der Waals surface area (Å²) in [7, 11) is 1.95. The van der Waals surface area contributed by atoms with E-state index in [1.54, 1.807) is 0 Å². The molecule has 2 N–H and O–H groups in total. The highest BCUT2D eigenvalue weighted by atomic mass is 79.9. The maximum Gasteiger partial charge on any atom is 0.0738 e. The van der Waals surface area contributed by atoms with E-state index in [2.05, 4.69) is 28.0 Å². The first-order valence-corrected chi connectivity index (χ1v) is 6.85. The summed E-state index contributed by atoms with van der Waals surface area (Å²) in [6, 6.07) is 0.00560. The van der Waals surface area contributed by atoms with E-state index >= 15 is 0 Å². The number of hydrogen-bond donors (Lipinski definition) is 1. The zero-order valence-corrected chi connectivity index (χ0v) is 12.6. The van der Waals surface area contributed by atoms with Gasteiger partial charge < -0.3 is 10.5 Å². The molecule has 0 fully saturated rings. The number of aryl methyl sites for hydroxylation is 2. The van der Waals surface area contributed by atoms with Crippen LogP contribution in [-0.4, -0.2) is 28.5 Å². The molecule has 1 aromatic rings. The van der Waals surface area contributed by atoms with Gasteiger partial charge in [-0.25, -0.2) is 0 Å². The van der Waals surface area contributed by atoms with Crippen molar-refractivity contribution in [1.82, 2.24) is 9.78 Å². The van der Waals surface area contributed by atoms with Crippen LogP contribution in [0.3, 0.4) is 0 Å². The second kappa shape index (κ2) is 6.52. The summed E-state index contributed by atoms with van der Waals surface area (Å²) in [5.41, 5.74) is 8.34. The topological polar surface area (TPSA) is 53.1 Å². The van der Waals surface area contributed by atoms with Gasteiger partial charge in [0, 0.05) is 26.1 Å². The van der Waals surface area contributed by atoms with Gasteiger partial charge in [-0.2, -0.15) is 5.10 Å². The lowest BCUT2D eigenvalue weighted by Crippen LogP contribution is -2.38. The minimum absolute atomic E-state index is 0.00560. The summed E-state index contributed by atoms with van der Waals surface area (Å²) in [6.45, 7) is 6.79. The molecule has 2 atom stereocenters. The normalized spacial score (nSPS) is 14.9. The van der Waals surface area contributed by atoms with Crippen molar-refractivity contribution < 1.29 is 4.74 Å². The smallest absolute Gasteiger partial charge is 0.0738 e. The molecule has 1 aromatic heterocycles. The molecule has 0 saturated carbocycles. The van der Waals surface area contributed by atoms with Gasteiger partial charge in [0.05, 0.1) is 22.0 Å². The number of hydrogen-bond acceptors (Lipinski definition) is 3. The van der Waals surface area contributed by atoms with Crippen LogP contribution < -0.4 is 5.73 Å². The standard InChI is InChI=1S/C12H22BrN3O/c1-5-11(17-6-2)9(14)7-10-12(13)8(3)15-16(10)4/h9,11H,5-7,14H2,1-4H3. The molecule has 0 aliphatic heterocycles. The van der Waals surface area contributed by atoms with Crippen LogP contribution in [0.2, 0.25) is 0 Å². The lowest BCUT2D eigenvalue weighted by molar-refractivity contribution is 0.0413. The molecule has 4 nitrogen and oxygen atoms in total. The van der Waals surface area contributed by atoms with E-state index < -0.39 is 0 Å². The summed E-state index contributed by atoms with van der Waals surface area (Å²) in [5.74, 6) is 0. The van der Waals surface area contributed by atoms with Gasteiger partial charge in [-0.15, -0.1) is 0 Å². The molecular formula is C12H22BrN3O. The lowest BCUT2D eigenvalue weighted by Gasteiger charge is -2.22. The minimum atomic E-state index is 0.00560. The minimum Gasteiger partial charge on any atom is -0.377 e. The zero-order chi connectivity index (χ0) is 13.0. The van der Waals surface area contributed by atoms with Gasteiger partial charge in [-0.3, -0.25) is 4.68 Å². The van der Waals surface area contributed by atoms with Gasteiger partial charge >= 0.3 is 0 Å². The highest BCUT2D eigenvalue weighted by Gasteiger charge is 2.20. The van der Waals surface area contributed by atoms with Crippen LogP contribution in [0.5, 0.6) is 0 Å². The molecule has 0 saturated heterocycles. The van der Waals surface area contributed by atoms with Crippen molar-refractivity contribution in [2.45, 2.75) is 45.8 Å². The highest BCUT2D eigenvalue weighted by Crippen LogP contribution is 2.22. The lowest BCUT2D eigenvalue weighted by atomic mass is 10.0. The number of aromatic nitrogens is 2. The van der Waals surface area contributed by atoms with Gasteiger partial charge in [0.25, 0.3) is 0 Å². The van der Waals surface area contributed by atoms with Gasteiger partial charge in [0.15, 0.2) is 0 Å². The van der Waals surface area contributed by atoms with Crippen LogP contribution in [0, 0.1) is 6.92 Å². The molecule has 0 aliphatic carbocycles. The van der Waals surface area contributed by atoms with Crippen LogP contribution in [-0.2, 0) is 18.2 Å². The molecule has 1 heterocycles. The Bertz CT molecular complexity index is 365. The van der Waals surface area contributed by atoms with E-state index in [9.17, 15) is 0 Å². The molecule has 0 radical (unpaired) electrons. The molecule has 0 aromatic carbocycles. The first-order chi connectivity index (χ1) is 8.01. The molecule has 17 heavy (non-hydrogen) atoms. The fourth-order valence-corrected chi connectivity index (χ4v) is 2.51. The Morgan fingerprint density at radius 3 is 2.53 bits per heavy atom. The van der Waals surface area contributed by atoms with Crippen molar-refractivity contribution in [3.8, 4) is 0 Å². The summed E-state index contributed by atoms with van der Waals surface area (Å²) in [5, 5.41) is 4.37. The Hall–Kier alpha value is -0.390. The van der Waals surface area contributed by atoms with E-state index in [-0.39, 0.29) is 12.1 Å². The van der Waals surface area contributed by atoms with E-state index in [0.29, 0.717) is 6.61 Å². The molecule has 0 bridgehead atoms. The predicted octanol–water partition coefficient (Wildman–Crippen LogP) is 2.18. The van der Waals surface area contributed by atoms with Crippen molar-refractivity contribution in [2.75, 3.05) is 6.61 Å². The van der Waals surface area contributed by atoms with Crippen LogP contribution in [0.25, 0.3) is 0 Å². The number of nitrogens with zero attached hydrogens (tertiary/aromatic N) is 2. The van der Waals surface area contributed by atoms with Crippen molar-refractivity contribution in [2.24, 2.45) is 12.8 Å². The number of ether oxygens (including phenoxy) is 1. The third-order valence-electron chi connectivity index (χ3n) is 2.95. The van der Waals surface area contributed by atoms with Crippen molar-refractivity contribution >= 4 is 15.9 Å². The second-order valence-electron chi connectivity index (χ2n) is 4.24. The average molecular weight is 304 g/mol. The van der Waals surface area contributed by atoms with Gasteiger partial charge in [0.2, 0.25) is 0 Å². The van der Waals surface area contributed by atoms with E-state index in [1.807, 2.05) is 25.6 Å². The highest BCUT2D eigenvalue weighted by molar-refractivity contribution is 9.10. The Morgan fingerprint density at radius 1 is 1.47 bits per heavy atom. The summed E-state index contributed by atoms with van der Waals surface area (Å²) >= 11 is 3.56. The van der Waals surface area contributed by atoms with Gasteiger partial charge in [-0.1, -0.05) is 6.92 Å². The molecular weight excluding hydrogens is 282 g/mol. The number of rotatable bonds is 6. The Morgan fingerprint density at radius 2 is 2.12 bits per heavy atom. The third-order valence-corrected chi connectivity index (χ3v) is 3.98. The molecule has 0 amide bonds. The fraction of sp³-hybridized carbons (Fsp3) is 0.750. The summed E-state index contributed by atoms with van der Waals surface area (Å²) in [6.07, 6.45) is 1.82.